The molecule has 2 fully saturated rings. The lowest BCUT2D eigenvalue weighted by molar-refractivity contribution is -0.192. The molecule has 2 aliphatic heterocycles. The van der Waals surface area contributed by atoms with Crippen LogP contribution in [0.3, 0.4) is 0 Å². The van der Waals surface area contributed by atoms with E-state index in [2.05, 4.69) is 10.6 Å². The molecular formula is C22H24F3N5O5. The number of aliphatic carboxylic acids is 1. The Morgan fingerprint density at radius 1 is 1.43 bits per heavy atom. The lowest BCUT2D eigenvalue weighted by atomic mass is 9.79. The van der Waals surface area contributed by atoms with E-state index in [1.165, 1.54) is 4.90 Å². The van der Waals surface area contributed by atoms with E-state index in [1.54, 1.807) is 18.2 Å². The monoisotopic (exact) mass is 498 g/mol. The van der Waals surface area contributed by atoms with Crippen LogP contribution < -0.4 is 16.4 Å². The summed E-state index contributed by atoms with van der Waals surface area (Å²) in [6.07, 6.45) is -2.89. The lowest BCUT2D eigenvalue weighted by Crippen LogP contribution is -2.51. The van der Waals surface area contributed by atoms with Crippen molar-refractivity contribution >= 4 is 29.4 Å². The molecule has 0 unspecified atom stereocenters. The molecule has 35 heavy (non-hydrogen) atoms. The van der Waals surface area contributed by atoms with Gasteiger partial charge >= 0.3 is 12.1 Å². The predicted molar refractivity (Wildman–Crippen MR) is 115 cm³/mol. The second-order valence-corrected chi connectivity index (χ2v) is 8.68. The minimum absolute atomic E-state index is 0.00270. The van der Waals surface area contributed by atoms with Crippen molar-refractivity contribution in [2.45, 2.75) is 49.4 Å². The summed E-state index contributed by atoms with van der Waals surface area (Å²) >= 11 is 0. The first-order valence-corrected chi connectivity index (χ1v) is 10.5. The maximum Gasteiger partial charge on any atom is 0.490 e. The van der Waals surface area contributed by atoms with Gasteiger partial charge in [0, 0.05) is 16.3 Å². The van der Waals surface area contributed by atoms with Gasteiger partial charge in [-0.2, -0.15) is 18.4 Å². The van der Waals surface area contributed by atoms with Gasteiger partial charge < -0.3 is 26.4 Å². The number of primary amides is 1. The van der Waals surface area contributed by atoms with Gasteiger partial charge in [-0.1, -0.05) is 18.9 Å². The summed E-state index contributed by atoms with van der Waals surface area (Å²) in [6, 6.07) is 4.76. The number of nitrogens with two attached hydrogens (primary N) is 1. The molecular weight excluding hydrogens is 471 g/mol. The summed E-state index contributed by atoms with van der Waals surface area (Å²) < 4.78 is 54.3. The molecule has 0 bridgehead atoms. The third-order valence-electron chi connectivity index (χ3n) is 6.30. The lowest BCUT2D eigenvalue weighted by Gasteiger charge is -2.28. The van der Waals surface area contributed by atoms with Crippen molar-refractivity contribution in [1.29, 1.82) is 5.26 Å². The highest BCUT2D eigenvalue weighted by Crippen LogP contribution is 2.47. The number of alkyl halides is 3. The van der Waals surface area contributed by atoms with E-state index < -0.39 is 48.4 Å². The summed E-state index contributed by atoms with van der Waals surface area (Å²) in [5.74, 6) is -4.17. The number of carboxylic acid groups (broad SMARTS) is 1. The number of nitrogens with zero attached hydrogens (tertiary/aromatic N) is 2. The number of nitrogens with one attached hydrogen (secondary N) is 2. The van der Waals surface area contributed by atoms with Crippen LogP contribution in [0.25, 0.3) is 0 Å². The minimum Gasteiger partial charge on any atom is -0.475 e. The number of fused-ring (bicyclic) bond motifs is 2. The van der Waals surface area contributed by atoms with Crippen LogP contribution in [-0.2, 0) is 24.6 Å². The zero-order chi connectivity index (χ0) is 28.6. The third-order valence-corrected chi connectivity index (χ3v) is 6.30. The molecule has 2 heterocycles. The van der Waals surface area contributed by atoms with Crippen molar-refractivity contribution in [3.8, 4) is 6.07 Å². The number of likely N-dealkylation sites (N-methyl/N-ethyl adjacent to an activating group) is 1. The van der Waals surface area contributed by atoms with E-state index in [4.69, 9.17) is 25.0 Å². The average molecular weight is 498 g/mol. The predicted octanol–water partition coefficient (Wildman–Crippen LogP) is 0.856. The summed E-state index contributed by atoms with van der Waals surface area (Å²) in [7, 11) is 0. The van der Waals surface area contributed by atoms with Gasteiger partial charge in [0.1, 0.15) is 6.04 Å². The van der Waals surface area contributed by atoms with Gasteiger partial charge in [0.15, 0.2) is 0 Å². The Balaban J connectivity index is 0.000000505. The molecule has 5 N–H and O–H groups in total. The van der Waals surface area contributed by atoms with E-state index >= 15 is 0 Å². The Hall–Kier alpha value is -3.66. The third kappa shape index (κ3) is 5.22. The van der Waals surface area contributed by atoms with Crippen LogP contribution in [0.1, 0.15) is 40.9 Å². The first-order chi connectivity index (χ1) is 17.5. The highest BCUT2D eigenvalue weighted by atomic mass is 19.4. The topological polar surface area (TPSA) is 166 Å². The summed E-state index contributed by atoms with van der Waals surface area (Å²) in [4.78, 5) is 48.8. The number of benzene rings is 1. The van der Waals surface area contributed by atoms with E-state index in [0.717, 1.165) is 12.8 Å². The molecule has 3 atom stereocenters. The van der Waals surface area contributed by atoms with Crippen molar-refractivity contribution in [1.82, 2.24) is 10.2 Å². The number of carboxylic acids is 1. The molecule has 1 aliphatic carbocycles. The van der Waals surface area contributed by atoms with Gasteiger partial charge in [-0.15, -0.1) is 0 Å². The average Bonchev–Trinajstić information content (AvgIpc) is 3.45. The molecule has 1 aromatic carbocycles. The maximum absolute atomic E-state index is 13.4. The van der Waals surface area contributed by atoms with E-state index in [0.29, 0.717) is 23.2 Å². The number of amides is 3. The van der Waals surface area contributed by atoms with E-state index in [-0.39, 0.29) is 24.8 Å². The molecule has 13 heteroatoms. The molecule has 1 saturated heterocycles. The Labute approximate surface area is 202 Å². The molecule has 1 spiro atoms. The van der Waals surface area contributed by atoms with Gasteiger partial charge in [0.25, 0.3) is 0 Å². The first-order valence-electron chi connectivity index (χ1n) is 12.0. The molecule has 3 amide bonds. The van der Waals surface area contributed by atoms with Crippen molar-refractivity contribution < 1.29 is 41.6 Å². The Morgan fingerprint density at radius 2 is 2.09 bits per heavy atom. The number of hydrogen-bond acceptors (Lipinski definition) is 6. The smallest absolute Gasteiger partial charge is 0.475 e. The van der Waals surface area contributed by atoms with Gasteiger partial charge in [0.2, 0.25) is 17.7 Å². The van der Waals surface area contributed by atoms with Crippen LogP contribution in [0.5, 0.6) is 0 Å². The van der Waals surface area contributed by atoms with Crippen LogP contribution >= 0.6 is 0 Å². The van der Waals surface area contributed by atoms with Crippen molar-refractivity contribution in [3.05, 3.63) is 29.3 Å². The van der Waals surface area contributed by atoms with Crippen LogP contribution in [0.4, 0.5) is 18.9 Å². The van der Waals surface area contributed by atoms with Gasteiger partial charge in [0.05, 0.1) is 23.1 Å². The fourth-order valence-corrected chi connectivity index (χ4v) is 4.36. The summed E-state index contributed by atoms with van der Waals surface area (Å²) in [5, 5.41) is 21.4. The number of carbonyl (C=O) groups excluding carboxylic acids is 3. The van der Waals surface area contributed by atoms with Crippen LogP contribution in [0, 0.1) is 17.2 Å². The molecule has 0 radical (unpaired) electrons. The van der Waals surface area contributed by atoms with Crippen LogP contribution in [-0.4, -0.2) is 65.5 Å². The summed E-state index contributed by atoms with van der Waals surface area (Å²) in [5.41, 5.74) is 5.85. The zero-order valence-corrected chi connectivity index (χ0v) is 18.2. The number of hydrogen-bond donors (Lipinski definition) is 4. The number of rotatable bonds is 5. The SMILES string of the molecule is O=C(O)C(F)(F)F.[2H]C([2H])([2H])N[C@@H](CC1CC1)C(=O)N1C[C@]2(C[C@H]1C(N)=O)C(=O)Nc1cc(C#N)ccc12. The Kier molecular flexibility index (Phi) is 5.95. The fraction of sp³-hybridized carbons (Fsp3) is 0.500. The highest BCUT2D eigenvalue weighted by Gasteiger charge is 2.57. The molecule has 0 aromatic heterocycles. The van der Waals surface area contributed by atoms with Crippen molar-refractivity contribution in [2.24, 2.45) is 11.7 Å². The van der Waals surface area contributed by atoms with E-state index in [1.807, 2.05) is 6.07 Å². The van der Waals surface area contributed by atoms with Crippen LogP contribution in [0.15, 0.2) is 18.2 Å². The molecule has 4 rings (SSSR count). The molecule has 3 aliphatic rings. The maximum atomic E-state index is 13.4. The fourth-order valence-electron chi connectivity index (χ4n) is 4.36. The second-order valence-electron chi connectivity index (χ2n) is 8.68. The van der Waals surface area contributed by atoms with Crippen molar-refractivity contribution in [3.63, 3.8) is 0 Å². The standard InChI is InChI=1S/C20H23N5O3.C2HF3O2/c1-23-15(6-11-2-3-11)18(27)25-10-20(8-16(25)17(22)26)13-5-4-12(9-21)7-14(13)24-19(20)28;3-2(4,5)1(6)7/h4-5,7,11,15-16,23H,2-3,6,8,10H2,1H3,(H2,22,26)(H,24,28);(H,6,7)/t15-,16-,20-;/m0./s1/i1D3;. The van der Waals surface area contributed by atoms with E-state index in [9.17, 15) is 27.6 Å². The Bertz CT molecular complexity index is 1200. The quantitative estimate of drug-likeness (QED) is 0.467. The highest BCUT2D eigenvalue weighted by molar-refractivity contribution is 6.08. The minimum atomic E-state index is -5.08. The second kappa shape index (κ2) is 9.53. The largest absolute Gasteiger partial charge is 0.490 e. The van der Waals surface area contributed by atoms with Gasteiger partial charge in [-0.05, 0) is 43.4 Å². The summed E-state index contributed by atoms with van der Waals surface area (Å²) in [6.45, 7) is -2.62. The number of carbonyl (C=O) groups is 4. The molecule has 1 saturated carbocycles. The zero-order valence-electron chi connectivity index (χ0n) is 21.2. The van der Waals surface area contributed by atoms with Crippen LogP contribution in [0.2, 0.25) is 0 Å². The molecule has 10 nitrogen and oxygen atoms in total. The number of halogens is 3. The molecule has 188 valence electrons. The number of likely N-dealkylation sites (tertiary alicyclic amines) is 1. The van der Waals surface area contributed by atoms with Gasteiger partial charge in [-0.3, -0.25) is 14.4 Å². The number of nitriles is 1. The Morgan fingerprint density at radius 3 is 2.60 bits per heavy atom. The first kappa shape index (κ1) is 21.8. The van der Waals surface area contributed by atoms with Gasteiger partial charge in [-0.25, -0.2) is 4.79 Å². The number of anilines is 1. The molecule has 1 aromatic rings. The normalized spacial score (nSPS) is 25.2. The van der Waals surface area contributed by atoms with Crippen molar-refractivity contribution in [2.75, 3.05) is 18.8 Å².